The maximum Gasteiger partial charge on any atom is 0.255 e. The van der Waals surface area contributed by atoms with Crippen molar-refractivity contribution in [3.63, 3.8) is 0 Å². The molecule has 7 heteroatoms. The van der Waals surface area contributed by atoms with Gasteiger partial charge in [-0.05, 0) is 45.2 Å². The van der Waals surface area contributed by atoms with Gasteiger partial charge in [0.15, 0.2) is 0 Å². The van der Waals surface area contributed by atoms with Crippen molar-refractivity contribution in [3.8, 4) is 0 Å². The number of sulfonamides is 1. The van der Waals surface area contributed by atoms with E-state index < -0.39 is 10.0 Å². The summed E-state index contributed by atoms with van der Waals surface area (Å²) in [5.41, 5.74) is 4.20. The minimum Gasteiger partial charge on any atom is -0.353 e. The first-order valence-electron chi connectivity index (χ1n) is 8.25. The molecular formula is C18H23N3O3S. The molecule has 1 fully saturated rings. The largest absolute Gasteiger partial charge is 0.353 e. The standard InChI is InChI=1S/C18H23N3O3S/c1-11-5-8-15(12(2)9-11)19-17-13(3)18(22)21(4)10-16(17)20-25(23,24)14-6-7-14/h5,8-10,14,19-20H,6-7H2,1-4H3. The van der Waals surface area contributed by atoms with E-state index in [-0.39, 0.29) is 10.8 Å². The molecule has 25 heavy (non-hydrogen) atoms. The molecule has 0 saturated heterocycles. The molecule has 0 bridgehead atoms. The van der Waals surface area contributed by atoms with E-state index in [9.17, 15) is 13.2 Å². The summed E-state index contributed by atoms with van der Waals surface area (Å²) in [5.74, 6) is 0. The number of aromatic nitrogens is 1. The highest BCUT2D eigenvalue weighted by Crippen LogP contribution is 2.34. The number of rotatable bonds is 5. The fraction of sp³-hybridized carbons (Fsp3) is 0.389. The summed E-state index contributed by atoms with van der Waals surface area (Å²) in [6.45, 7) is 5.68. The lowest BCUT2D eigenvalue weighted by Crippen LogP contribution is -2.24. The summed E-state index contributed by atoms with van der Waals surface area (Å²) in [5, 5.41) is 2.91. The summed E-state index contributed by atoms with van der Waals surface area (Å²) in [6.07, 6.45) is 2.89. The highest BCUT2D eigenvalue weighted by atomic mass is 32.2. The summed E-state index contributed by atoms with van der Waals surface area (Å²) < 4.78 is 28.8. The van der Waals surface area contributed by atoms with Crippen LogP contribution in [0, 0.1) is 20.8 Å². The first-order chi connectivity index (χ1) is 11.7. The van der Waals surface area contributed by atoms with Gasteiger partial charge in [-0.1, -0.05) is 17.7 Å². The lowest BCUT2D eigenvalue weighted by molar-refractivity contribution is 0.600. The average molecular weight is 361 g/mol. The van der Waals surface area contributed by atoms with Crippen LogP contribution in [0.5, 0.6) is 0 Å². The summed E-state index contributed by atoms with van der Waals surface area (Å²) in [4.78, 5) is 12.3. The van der Waals surface area contributed by atoms with Crippen molar-refractivity contribution in [2.24, 2.45) is 7.05 Å². The molecule has 1 aliphatic rings. The Labute approximate surface area is 147 Å². The number of aryl methyl sites for hydroxylation is 3. The Kier molecular flexibility index (Phi) is 4.36. The molecule has 3 rings (SSSR count). The van der Waals surface area contributed by atoms with Crippen LogP contribution < -0.4 is 15.6 Å². The van der Waals surface area contributed by atoms with Gasteiger partial charge in [0.05, 0.1) is 16.6 Å². The summed E-state index contributed by atoms with van der Waals surface area (Å²) >= 11 is 0. The van der Waals surface area contributed by atoms with Gasteiger partial charge in [0.1, 0.15) is 0 Å². The molecule has 1 saturated carbocycles. The predicted octanol–water partition coefficient (Wildman–Crippen LogP) is 2.96. The first kappa shape index (κ1) is 17.5. The van der Waals surface area contributed by atoms with Crippen molar-refractivity contribution in [2.45, 2.75) is 38.9 Å². The molecular weight excluding hydrogens is 338 g/mol. The summed E-state index contributed by atoms with van der Waals surface area (Å²) in [7, 11) is -1.81. The van der Waals surface area contributed by atoms with Crippen LogP contribution in [0.25, 0.3) is 0 Å². The zero-order chi connectivity index (χ0) is 18.4. The molecule has 134 valence electrons. The normalized spacial score (nSPS) is 14.4. The van der Waals surface area contributed by atoms with Gasteiger partial charge in [-0.2, -0.15) is 0 Å². The molecule has 0 unspecified atom stereocenters. The van der Waals surface area contributed by atoms with Gasteiger partial charge >= 0.3 is 0 Å². The molecule has 0 aliphatic heterocycles. The SMILES string of the molecule is Cc1ccc(Nc2c(NS(=O)(=O)C3CC3)cn(C)c(=O)c2C)c(C)c1. The third-order valence-corrected chi connectivity index (χ3v) is 6.32. The maximum absolute atomic E-state index is 12.4. The number of pyridine rings is 1. The number of benzene rings is 1. The van der Waals surface area contributed by atoms with Crippen LogP contribution >= 0.6 is 0 Å². The van der Waals surface area contributed by atoms with Crippen LogP contribution in [0.2, 0.25) is 0 Å². The minimum atomic E-state index is -3.42. The van der Waals surface area contributed by atoms with Crippen LogP contribution in [-0.2, 0) is 17.1 Å². The van der Waals surface area contributed by atoms with E-state index in [4.69, 9.17) is 0 Å². The summed E-state index contributed by atoms with van der Waals surface area (Å²) in [6, 6.07) is 5.94. The predicted molar refractivity (Wildman–Crippen MR) is 101 cm³/mol. The quantitative estimate of drug-likeness (QED) is 0.858. The molecule has 6 nitrogen and oxygen atoms in total. The number of anilines is 3. The number of hydrogen-bond acceptors (Lipinski definition) is 4. The smallest absolute Gasteiger partial charge is 0.255 e. The van der Waals surface area contributed by atoms with Crippen molar-refractivity contribution in [2.75, 3.05) is 10.0 Å². The van der Waals surface area contributed by atoms with Gasteiger partial charge < -0.3 is 9.88 Å². The Morgan fingerprint density at radius 1 is 1.12 bits per heavy atom. The van der Waals surface area contributed by atoms with Crippen LogP contribution in [0.3, 0.4) is 0 Å². The second kappa shape index (κ2) is 6.22. The highest BCUT2D eigenvalue weighted by molar-refractivity contribution is 7.93. The van der Waals surface area contributed by atoms with Crippen LogP contribution in [-0.4, -0.2) is 18.2 Å². The van der Waals surface area contributed by atoms with Crippen molar-refractivity contribution in [1.82, 2.24) is 4.57 Å². The Morgan fingerprint density at radius 2 is 1.80 bits per heavy atom. The number of nitrogens with one attached hydrogen (secondary N) is 2. The fourth-order valence-corrected chi connectivity index (χ4v) is 4.22. The first-order valence-corrected chi connectivity index (χ1v) is 9.80. The van der Waals surface area contributed by atoms with Crippen molar-refractivity contribution >= 4 is 27.1 Å². The Morgan fingerprint density at radius 3 is 2.40 bits per heavy atom. The van der Waals surface area contributed by atoms with Crippen LogP contribution in [0.4, 0.5) is 17.1 Å². The lowest BCUT2D eigenvalue weighted by Gasteiger charge is -2.18. The van der Waals surface area contributed by atoms with Crippen LogP contribution in [0.15, 0.2) is 29.2 Å². The van der Waals surface area contributed by atoms with Gasteiger partial charge in [0.25, 0.3) is 5.56 Å². The number of nitrogens with zero attached hydrogens (tertiary/aromatic N) is 1. The van der Waals surface area contributed by atoms with E-state index in [1.54, 1.807) is 14.0 Å². The molecule has 2 aromatic rings. The molecule has 1 aliphatic carbocycles. The molecule has 0 spiro atoms. The Hall–Kier alpha value is -2.28. The van der Waals surface area contributed by atoms with Crippen molar-refractivity contribution in [3.05, 3.63) is 51.4 Å². The third-order valence-electron chi connectivity index (χ3n) is 4.47. The molecule has 0 amide bonds. The molecule has 0 radical (unpaired) electrons. The third kappa shape index (κ3) is 3.56. The molecule has 2 N–H and O–H groups in total. The van der Waals surface area contributed by atoms with Gasteiger partial charge in [0.2, 0.25) is 10.0 Å². The van der Waals surface area contributed by atoms with E-state index in [0.29, 0.717) is 29.8 Å². The Bertz CT molecular complexity index is 989. The lowest BCUT2D eigenvalue weighted by atomic mass is 10.1. The van der Waals surface area contributed by atoms with Gasteiger partial charge in [-0.15, -0.1) is 0 Å². The van der Waals surface area contributed by atoms with E-state index in [2.05, 4.69) is 10.0 Å². The molecule has 1 aromatic carbocycles. The monoisotopic (exact) mass is 361 g/mol. The van der Waals surface area contributed by atoms with Crippen LogP contribution in [0.1, 0.15) is 29.5 Å². The van der Waals surface area contributed by atoms with Gasteiger partial charge in [0, 0.05) is 24.5 Å². The maximum atomic E-state index is 12.4. The minimum absolute atomic E-state index is 0.165. The molecule has 0 atom stereocenters. The van der Waals surface area contributed by atoms with Gasteiger partial charge in [-0.3, -0.25) is 9.52 Å². The number of hydrogen-bond donors (Lipinski definition) is 2. The van der Waals surface area contributed by atoms with E-state index >= 15 is 0 Å². The van der Waals surface area contributed by atoms with Gasteiger partial charge in [-0.25, -0.2) is 8.42 Å². The highest BCUT2D eigenvalue weighted by Gasteiger charge is 2.36. The Balaban J connectivity index is 2.07. The van der Waals surface area contributed by atoms with E-state index in [1.165, 1.54) is 10.8 Å². The topological polar surface area (TPSA) is 80.2 Å². The van der Waals surface area contributed by atoms with E-state index in [0.717, 1.165) is 16.8 Å². The van der Waals surface area contributed by atoms with Crippen molar-refractivity contribution < 1.29 is 8.42 Å². The fourth-order valence-electron chi connectivity index (χ4n) is 2.83. The zero-order valence-corrected chi connectivity index (χ0v) is 15.7. The second-order valence-corrected chi connectivity index (χ2v) is 8.71. The molecule has 1 aromatic heterocycles. The van der Waals surface area contributed by atoms with Crippen molar-refractivity contribution in [1.29, 1.82) is 0 Å². The second-order valence-electron chi connectivity index (χ2n) is 6.75. The van der Waals surface area contributed by atoms with E-state index in [1.807, 2.05) is 32.0 Å². The molecule has 1 heterocycles. The zero-order valence-electron chi connectivity index (χ0n) is 14.9. The average Bonchev–Trinajstić information content (AvgIpc) is 3.36.